The first kappa shape index (κ1) is 15.2. The van der Waals surface area contributed by atoms with E-state index >= 15 is 0 Å². The summed E-state index contributed by atoms with van der Waals surface area (Å²) in [6.07, 6.45) is 2.71. The first-order valence-corrected chi connectivity index (χ1v) is 9.21. The van der Waals surface area contributed by atoms with E-state index in [4.69, 9.17) is 0 Å². The molecule has 1 N–H and O–H groups in total. The lowest BCUT2D eigenvalue weighted by Gasteiger charge is -2.14. The summed E-state index contributed by atoms with van der Waals surface area (Å²) in [5, 5.41) is 6.91. The van der Waals surface area contributed by atoms with E-state index in [-0.39, 0.29) is 0 Å². The standard InChI is InChI=1S/C16H23N3S2/c1-11-13(6-16(21-11)7-17-14-4-5-14)8-19(3)9-15-10-20-12(2)18-15/h6,10,14,17H,4-5,7-9H2,1-3H3. The van der Waals surface area contributed by atoms with E-state index in [1.807, 2.05) is 11.3 Å². The highest BCUT2D eigenvalue weighted by Gasteiger charge is 2.20. The summed E-state index contributed by atoms with van der Waals surface area (Å²) >= 11 is 3.66. The van der Waals surface area contributed by atoms with Gasteiger partial charge in [0.1, 0.15) is 0 Å². The van der Waals surface area contributed by atoms with Crippen LogP contribution in [0.15, 0.2) is 11.4 Å². The summed E-state index contributed by atoms with van der Waals surface area (Å²) in [7, 11) is 2.17. The molecule has 0 radical (unpaired) electrons. The van der Waals surface area contributed by atoms with Crippen molar-refractivity contribution in [1.82, 2.24) is 15.2 Å². The minimum atomic E-state index is 0.784. The molecule has 2 aromatic heterocycles. The molecule has 3 nitrogen and oxygen atoms in total. The lowest BCUT2D eigenvalue weighted by atomic mass is 10.2. The molecule has 2 heterocycles. The van der Waals surface area contributed by atoms with Crippen LogP contribution in [-0.2, 0) is 19.6 Å². The smallest absolute Gasteiger partial charge is 0.0897 e. The Bertz CT molecular complexity index is 598. The molecule has 0 spiro atoms. The minimum Gasteiger partial charge on any atom is -0.309 e. The van der Waals surface area contributed by atoms with Crippen LogP contribution in [0, 0.1) is 13.8 Å². The second kappa shape index (κ2) is 6.57. The predicted molar refractivity (Wildman–Crippen MR) is 90.9 cm³/mol. The van der Waals surface area contributed by atoms with E-state index in [1.165, 1.54) is 33.9 Å². The van der Waals surface area contributed by atoms with Crippen LogP contribution in [0.1, 0.15) is 38.9 Å². The van der Waals surface area contributed by atoms with E-state index in [1.54, 1.807) is 11.3 Å². The molecule has 3 rings (SSSR count). The summed E-state index contributed by atoms with van der Waals surface area (Å²) in [4.78, 5) is 9.81. The van der Waals surface area contributed by atoms with Crippen LogP contribution in [0.25, 0.3) is 0 Å². The summed E-state index contributed by atoms with van der Waals surface area (Å²) in [5.41, 5.74) is 2.64. The van der Waals surface area contributed by atoms with Gasteiger partial charge in [-0.3, -0.25) is 4.90 Å². The van der Waals surface area contributed by atoms with Gasteiger partial charge in [-0.2, -0.15) is 0 Å². The number of aromatic nitrogens is 1. The number of thiophene rings is 1. The van der Waals surface area contributed by atoms with Gasteiger partial charge in [-0.05, 0) is 45.4 Å². The fraction of sp³-hybridized carbons (Fsp3) is 0.562. The van der Waals surface area contributed by atoms with Crippen molar-refractivity contribution in [2.24, 2.45) is 0 Å². The molecule has 1 fully saturated rings. The molecule has 0 aromatic carbocycles. The Balaban J connectivity index is 1.55. The Morgan fingerprint density at radius 2 is 2.14 bits per heavy atom. The van der Waals surface area contributed by atoms with Crippen molar-refractivity contribution < 1.29 is 0 Å². The van der Waals surface area contributed by atoms with Gasteiger partial charge in [-0.25, -0.2) is 4.98 Å². The van der Waals surface area contributed by atoms with Crippen molar-refractivity contribution in [3.63, 3.8) is 0 Å². The quantitative estimate of drug-likeness (QED) is 0.843. The van der Waals surface area contributed by atoms with Gasteiger partial charge >= 0.3 is 0 Å². The lowest BCUT2D eigenvalue weighted by molar-refractivity contribution is 0.315. The minimum absolute atomic E-state index is 0.784. The largest absolute Gasteiger partial charge is 0.309 e. The molecule has 0 unspecified atom stereocenters. The van der Waals surface area contributed by atoms with Gasteiger partial charge in [0.25, 0.3) is 0 Å². The van der Waals surface area contributed by atoms with Gasteiger partial charge in [0.05, 0.1) is 10.7 Å². The Morgan fingerprint density at radius 1 is 1.33 bits per heavy atom. The van der Waals surface area contributed by atoms with Crippen LogP contribution < -0.4 is 5.32 Å². The van der Waals surface area contributed by atoms with Crippen molar-refractivity contribution >= 4 is 22.7 Å². The van der Waals surface area contributed by atoms with Crippen LogP contribution in [0.4, 0.5) is 0 Å². The topological polar surface area (TPSA) is 28.2 Å². The maximum Gasteiger partial charge on any atom is 0.0897 e. The molecule has 0 amide bonds. The maximum atomic E-state index is 4.55. The Kier molecular flexibility index (Phi) is 4.74. The molecule has 21 heavy (non-hydrogen) atoms. The van der Waals surface area contributed by atoms with Crippen molar-refractivity contribution in [3.8, 4) is 0 Å². The van der Waals surface area contributed by atoms with Crippen molar-refractivity contribution in [1.29, 1.82) is 0 Å². The third-order valence-electron chi connectivity index (χ3n) is 3.75. The van der Waals surface area contributed by atoms with Gasteiger partial charge in [0.2, 0.25) is 0 Å². The molecule has 114 valence electrons. The normalized spacial score (nSPS) is 15.0. The number of nitrogens with zero attached hydrogens (tertiary/aromatic N) is 2. The Hall–Kier alpha value is -0.750. The van der Waals surface area contributed by atoms with Gasteiger partial charge < -0.3 is 5.32 Å². The van der Waals surface area contributed by atoms with Crippen LogP contribution in [-0.4, -0.2) is 23.0 Å². The van der Waals surface area contributed by atoms with Crippen molar-refractivity contribution in [2.75, 3.05) is 7.05 Å². The molecular formula is C16H23N3S2. The molecular weight excluding hydrogens is 298 g/mol. The fourth-order valence-corrected chi connectivity index (χ4v) is 4.08. The van der Waals surface area contributed by atoms with Gasteiger partial charge in [-0.1, -0.05) is 0 Å². The zero-order chi connectivity index (χ0) is 14.8. The summed E-state index contributed by atoms with van der Waals surface area (Å²) in [5.74, 6) is 0. The third-order valence-corrected chi connectivity index (χ3v) is 5.67. The second-order valence-electron chi connectivity index (χ2n) is 5.98. The first-order chi connectivity index (χ1) is 10.1. The van der Waals surface area contributed by atoms with Crippen LogP contribution in [0.3, 0.4) is 0 Å². The monoisotopic (exact) mass is 321 g/mol. The molecule has 0 atom stereocenters. The first-order valence-electron chi connectivity index (χ1n) is 7.51. The Morgan fingerprint density at radius 3 is 2.81 bits per heavy atom. The zero-order valence-corrected chi connectivity index (χ0v) is 14.6. The summed E-state index contributed by atoms with van der Waals surface area (Å²) in [6.45, 7) is 7.26. The van der Waals surface area contributed by atoms with E-state index in [0.29, 0.717) is 0 Å². The molecule has 1 aliphatic carbocycles. The third kappa shape index (κ3) is 4.36. The Labute approximate surface area is 135 Å². The molecule has 0 saturated heterocycles. The summed E-state index contributed by atoms with van der Waals surface area (Å²) in [6, 6.07) is 3.16. The number of aryl methyl sites for hydroxylation is 2. The predicted octanol–water partition coefficient (Wildman–Crippen LogP) is 3.71. The molecule has 1 aliphatic rings. The zero-order valence-electron chi connectivity index (χ0n) is 13.0. The van der Waals surface area contributed by atoms with E-state index in [9.17, 15) is 0 Å². The average Bonchev–Trinajstić information content (AvgIpc) is 3.08. The SMILES string of the molecule is Cc1nc(CN(C)Cc2cc(CNC3CC3)sc2C)cs1. The summed E-state index contributed by atoms with van der Waals surface area (Å²) < 4.78 is 0. The fourth-order valence-electron chi connectivity index (χ4n) is 2.47. The second-order valence-corrected chi connectivity index (χ2v) is 8.38. The molecule has 5 heteroatoms. The van der Waals surface area contributed by atoms with Crippen molar-refractivity contribution in [3.05, 3.63) is 37.5 Å². The van der Waals surface area contributed by atoms with E-state index in [0.717, 1.165) is 30.7 Å². The average molecular weight is 322 g/mol. The molecule has 1 saturated carbocycles. The molecule has 0 aliphatic heterocycles. The van der Waals surface area contributed by atoms with Crippen LogP contribution in [0.2, 0.25) is 0 Å². The van der Waals surface area contributed by atoms with Gasteiger partial charge in [0, 0.05) is 40.8 Å². The number of nitrogens with one attached hydrogen (secondary N) is 1. The number of hydrogen-bond acceptors (Lipinski definition) is 5. The van der Waals surface area contributed by atoms with Gasteiger partial charge in [0.15, 0.2) is 0 Å². The number of hydrogen-bond donors (Lipinski definition) is 1. The maximum absolute atomic E-state index is 4.55. The number of thiazole rings is 1. The van der Waals surface area contributed by atoms with Crippen LogP contribution >= 0.6 is 22.7 Å². The molecule has 2 aromatic rings. The van der Waals surface area contributed by atoms with E-state index in [2.05, 4.69) is 47.5 Å². The van der Waals surface area contributed by atoms with Crippen LogP contribution in [0.5, 0.6) is 0 Å². The van der Waals surface area contributed by atoms with Gasteiger partial charge in [-0.15, -0.1) is 22.7 Å². The lowest BCUT2D eigenvalue weighted by Crippen LogP contribution is -2.17. The highest BCUT2D eigenvalue weighted by molar-refractivity contribution is 7.12. The highest BCUT2D eigenvalue weighted by atomic mass is 32.1. The van der Waals surface area contributed by atoms with E-state index < -0.39 is 0 Å². The number of rotatable bonds is 7. The highest BCUT2D eigenvalue weighted by Crippen LogP contribution is 2.25. The van der Waals surface area contributed by atoms with Crippen molar-refractivity contribution in [2.45, 2.75) is 52.4 Å². The molecule has 0 bridgehead atoms.